The molecular weight excluding hydrogens is 324 g/mol. The van der Waals surface area contributed by atoms with E-state index in [1.54, 1.807) is 36.7 Å². The summed E-state index contributed by atoms with van der Waals surface area (Å²) in [7, 11) is 0. The van der Waals surface area contributed by atoms with Crippen molar-refractivity contribution in [2.75, 3.05) is 0 Å². The number of hydrogen-bond acceptors (Lipinski definition) is 6. The number of fused-ring (bicyclic) bond motifs is 1. The van der Waals surface area contributed by atoms with E-state index >= 15 is 0 Å². The Labute approximate surface area is 141 Å². The Hall–Kier alpha value is -3.68. The van der Waals surface area contributed by atoms with Crippen LogP contribution in [-0.2, 0) is 11.2 Å². The van der Waals surface area contributed by atoms with Gasteiger partial charge in [0.15, 0.2) is 0 Å². The van der Waals surface area contributed by atoms with Crippen LogP contribution in [0.4, 0.5) is 0 Å². The molecule has 2 N–H and O–H groups in total. The molecule has 0 unspecified atom stereocenters. The Morgan fingerprint density at radius 1 is 1.00 bits per heavy atom. The number of esters is 1. The van der Waals surface area contributed by atoms with Crippen LogP contribution in [0, 0.1) is 0 Å². The normalized spacial score (nSPS) is 10.1. The fraction of sp³-hybridized carbons (Fsp3) is 0.0588. The van der Waals surface area contributed by atoms with Crippen LogP contribution in [0.15, 0.2) is 70.1 Å². The van der Waals surface area contributed by atoms with E-state index in [1.807, 2.05) is 18.2 Å². The van der Waals surface area contributed by atoms with Crippen molar-refractivity contribution in [2.24, 2.45) is 0 Å². The zero-order chi connectivity index (χ0) is 17.5. The predicted octanol–water partition coefficient (Wildman–Crippen LogP) is 2.07. The van der Waals surface area contributed by atoms with Crippen molar-refractivity contribution >= 4 is 16.9 Å². The molecule has 8 nitrogen and oxygen atoms in total. The first-order chi connectivity index (χ1) is 12.2. The maximum Gasteiger partial charge on any atom is 0.336 e. The van der Waals surface area contributed by atoms with Crippen LogP contribution in [0.2, 0.25) is 0 Å². The van der Waals surface area contributed by atoms with Gasteiger partial charge in [-0.2, -0.15) is 5.10 Å². The molecule has 0 saturated carbocycles. The molecule has 0 spiro atoms. The van der Waals surface area contributed by atoms with Gasteiger partial charge >= 0.3 is 11.6 Å². The Morgan fingerprint density at radius 2 is 1.80 bits per heavy atom. The van der Waals surface area contributed by atoms with Crippen LogP contribution in [0.3, 0.4) is 0 Å². The molecule has 3 heterocycles. The van der Waals surface area contributed by atoms with E-state index in [2.05, 4.69) is 20.4 Å². The summed E-state index contributed by atoms with van der Waals surface area (Å²) in [6, 6.07) is 13.9. The van der Waals surface area contributed by atoms with Crippen LogP contribution in [0.1, 0.15) is 5.69 Å². The minimum absolute atomic E-state index is 0.135. The van der Waals surface area contributed by atoms with Gasteiger partial charge in [-0.15, -0.1) is 5.10 Å². The molecule has 0 radical (unpaired) electrons. The molecule has 0 aliphatic heterocycles. The number of aromatic nitrogens is 4. The van der Waals surface area contributed by atoms with E-state index in [0.29, 0.717) is 11.3 Å². The zero-order valence-electron chi connectivity index (χ0n) is 13.0. The Bertz CT molecular complexity index is 953. The maximum absolute atomic E-state index is 11.2. The molecule has 0 fully saturated rings. The molecule has 8 heteroatoms. The number of nitrogens with zero attached hydrogens (tertiary/aromatic N) is 2. The lowest BCUT2D eigenvalue weighted by Gasteiger charge is -1.97. The Morgan fingerprint density at radius 3 is 2.56 bits per heavy atom. The van der Waals surface area contributed by atoms with Gasteiger partial charge in [-0.05, 0) is 18.2 Å². The van der Waals surface area contributed by atoms with Crippen LogP contribution in [0.5, 0.6) is 5.88 Å². The summed E-state index contributed by atoms with van der Waals surface area (Å²) in [5.41, 5.74) is 0.981. The van der Waals surface area contributed by atoms with Gasteiger partial charge in [0.05, 0.1) is 12.1 Å². The number of carbonyl (C=O) groups is 1. The van der Waals surface area contributed by atoms with Crippen molar-refractivity contribution < 1.29 is 13.9 Å². The third-order valence-corrected chi connectivity index (χ3v) is 3.11. The first kappa shape index (κ1) is 16.2. The summed E-state index contributed by atoms with van der Waals surface area (Å²) >= 11 is 0. The molecule has 0 saturated heterocycles. The van der Waals surface area contributed by atoms with Crippen molar-refractivity contribution in [3.63, 3.8) is 0 Å². The van der Waals surface area contributed by atoms with Crippen molar-refractivity contribution in [3.05, 3.63) is 77.0 Å². The topological polar surface area (TPSA) is 114 Å². The average Bonchev–Trinajstić information content (AvgIpc) is 3.29. The van der Waals surface area contributed by atoms with Crippen LogP contribution >= 0.6 is 0 Å². The zero-order valence-corrected chi connectivity index (χ0v) is 13.0. The van der Waals surface area contributed by atoms with E-state index in [1.165, 1.54) is 6.07 Å². The molecule has 0 atom stereocenters. The first-order valence-electron chi connectivity index (χ1n) is 7.39. The number of nitrogens with one attached hydrogen (secondary N) is 2. The van der Waals surface area contributed by atoms with E-state index in [0.717, 1.165) is 5.39 Å². The molecule has 0 aliphatic carbocycles. The summed E-state index contributed by atoms with van der Waals surface area (Å²) in [5.74, 6) is -0.116. The first-order valence-corrected chi connectivity index (χ1v) is 7.39. The molecule has 3 aromatic heterocycles. The quantitative estimate of drug-likeness (QED) is 0.437. The second-order valence-corrected chi connectivity index (χ2v) is 4.92. The smallest absolute Gasteiger partial charge is 0.336 e. The van der Waals surface area contributed by atoms with E-state index in [-0.39, 0.29) is 23.9 Å². The summed E-state index contributed by atoms with van der Waals surface area (Å²) < 4.78 is 9.80. The number of para-hydroxylation sites is 1. The highest BCUT2D eigenvalue weighted by Crippen LogP contribution is 2.09. The van der Waals surface area contributed by atoms with Gasteiger partial charge in [-0.25, -0.2) is 4.79 Å². The van der Waals surface area contributed by atoms with Gasteiger partial charge in [0, 0.05) is 29.9 Å². The minimum Gasteiger partial charge on any atom is -0.423 e. The number of rotatable bonds is 3. The SMILES string of the molecule is O=C(Cc1cc[nH]n1)Oc1cc[nH]n1.O=c1ccc2ccccc2o1. The molecule has 1 aromatic carbocycles. The molecule has 0 bridgehead atoms. The van der Waals surface area contributed by atoms with E-state index in [4.69, 9.17) is 9.15 Å². The fourth-order valence-electron chi connectivity index (χ4n) is 2.00. The molecule has 0 aliphatic rings. The molecule has 4 rings (SSSR count). The van der Waals surface area contributed by atoms with Crippen molar-refractivity contribution in [1.82, 2.24) is 20.4 Å². The van der Waals surface area contributed by atoms with Crippen LogP contribution < -0.4 is 10.4 Å². The number of hydrogen-bond donors (Lipinski definition) is 2. The minimum atomic E-state index is -0.385. The summed E-state index contributed by atoms with van der Waals surface area (Å²) in [6.45, 7) is 0. The number of ether oxygens (including phenoxy) is 1. The second-order valence-electron chi connectivity index (χ2n) is 4.92. The van der Waals surface area contributed by atoms with E-state index < -0.39 is 0 Å². The van der Waals surface area contributed by atoms with Gasteiger partial charge in [0.1, 0.15) is 5.58 Å². The fourth-order valence-corrected chi connectivity index (χ4v) is 2.00. The second kappa shape index (κ2) is 7.73. The third-order valence-electron chi connectivity index (χ3n) is 3.11. The van der Waals surface area contributed by atoms with Gasteiger partial charge in [0.2, 0.25) is 5.88 Å². The molecule has 4 aromatic rings. The summed E-state index contributed by atoms with van der Waals surface area (Å²) in [5, 5.41) is 13.6. The average molecular weight is 338 g/mol. The van der Waals surface area contributed by atoms with Gasteiger partial charge in [-0.1, -0.05) is 18.2 Å². The van der Waals surface area contributed by atoms with Gasteiger partial charge in [0.25, 0.3) is 0 Å². The molecular formula is C17H14N4O4. The van der Waals surface area contributed by atoms with Gasteiger partial charge < -0.3 is 9.15 Å². The molecule has 25 heavy (non-hydrogen) atoms. The highest BCUT2D eigenvalue weighted by atomic mass is 16.5. The van der Waals surface area contributed by atoms with Crippen molar-refractivity contribution in [2.45, 2.75) is 6.42 Å². The Kier molecular flexibility index (Phi) is 5.01. The highest BCUT2D eigenvalue weighted by molar-refractivity contribution is 5.75. The number of carbonyl (C=O) groups excluding carboxylic acids is 1. The third kappa shape index (κ3) is 4.64. The maximum atomic E-state index is 11.2. The highest BCUT2D eigenvalue weighted by Gasteiger charge is 2.08. The van der Waals surface area contributed by atoms with Crippen LogP contribution in [0.25, 0.3) is 11.0 Å². The van der Waals surface area contributed by atoms with Crippen molar-refractivity contribution in [1.29, 1.82) is 0 Å². The Balaban J connectivity index is 0.000000150. The predicted molar refractivity (Wildman–Crippen MR) is 89.0 cm³/mol. The number of benzene rings is 1. The lowest BCUT2D eigenvalue weighted by molar-refractivity contribution is -0.133. The monoisotopic (exact) mass is 338 g/mol. The summed E-state index contributed by atoms with van der Waals surface area (Å²) in [4.78, 5) is 22.0. The van der Waals surface area contributed by atoms with Gasteiger partial charge in [-0.3, -0.25) is 15.0 Å². The number of aromatic amines is 2. The largest absolute Gasteiger partial charge is 0.423 e. The molecule has 0 amide bonds. The lowest BCUT2D eigenvalue weighted by atomic mass is 10.2. The summed E-state index contributed by atoms with van der Waals surface area (Å²) in [6.07, 6.45) is 3.37. The van der Waals surface area contributed by atoms with Crippen LogP contribution in [-0.4, -0.2) is 26.4 Å². The molecule has 126 valence electrons. The lowest BCUT2D eigenvalue weighted by Crippen LogP contribution is -2.11. The van der Waals surface area contributed by atoms with E-state index in [9.17, 15) is 9.59 Å². The van der Waals surface area contributed by atoms with Crippen molar-refractivity contribution in [3.8, 4) is 5.88 Å². The number of H-pyrrole nitrogens is 2. The standard InChI is InChI=1S/C9H6O2.C8H8N4O2/c10-9-6-5-7-3-1-2-4-8(7)11-9;13-8(5-6-1-3-9-11-6)14-7-2-4-10-12-7/h1-6H;1-4H,5H2,(H,9,11)(H,10,12).